The van der Waals surface area contributed by atoms with Crippen molar-refractivity contribution in [1.29, 1.82) is 10.8 Å². The monoisotopic (exact) mass is 522 g/mol. The minimum Gasteiger partial charge on any atom is -0.377 e. The van der Waals surface area contributed by atoms with Gasteiger partial charge in [-0.2, -0.15) is 28.4 Å². The van der Waals surface area contributed by atoms with E-state index in [0.29, 0.717) is 41.5 Å². The number of aliphatic hydroxyl groups is 1. The van der Waals surface area contributed by atoms with Gasteiger partial charge in [-0.15, -0.1) is 0 Å². The van der Waals surface area contributed by atoms with Crippen molar-refractivity contribution in [2.75, 3.05) is 20.3 Å². The molecule has 0 spiro atoms. The van der Waals surface area contributed by atoms with E-state index in [0.717, 1.165) is 12.1 Å². The zero-order chi connectivity index (χ0) is 27.4. The molecular weight excluding hydrogens is 502 g/mol. The highest BCUT2D eigenvalue weighted by Gasteiger charge is 2.58. The smallest absolute Gasteiger partial charge is 0.323 e. The number of rotatable bonds is 10. The Morgan fingerprint density at radius 2 is 1.70 bits per heavy atom. The molecule has 0 saturated heterocycles. The lowest BCUT2D eigenvalue weighted by molar-refractivity contribution is -0.209. The number of nitriles is 1. The highest BCUT2D eigenvalue weighted by atomic mass is 19.3. The molecule has 0 radical (unpaired) electrons. The van der Waals surface area contributed by atoms with Gasteiger partial charge in [-0.1, -0.05) is 17.4 Å². The van der Waals surface area contributed by atoms with Crippen molar-refractivity contribution < 1.29 is 31.4 Å². The van der Waals surface area contributed by atoms with Gasteiger partial charge >= 0.3 is 5.92 Å². The van der Waals surface area contributed by atoms with Crippen molar-refractivity contribution in [2.45, 2.75) is 17.4 Å². The second-order valence-electron chi connectivity index (χ2n) is 8.03. The molecule has 2 aromatic carbocycles. The van der Waals surface area contributed by atoms with Gasteiger partial charge in [0.2, 0.25) is 0 Å². The van der Waals surface area contributed by atoms with Crippen LogP contribution in [0.2, 0.25) is 0 Å². The molecule has 194 valence electrons. The first-order chi connectivity index (χ1) is 17.4. The molecule has 1 aromatic heterocycles. The molecule has 0 fully saturated rings. The summed E-state index contributed by atoms with van der Waals surface area (Å²) in [5, 5.41) is 26.2. The van der Waals surface area contributed by atoms with Crippen LogP contribution in [0.15, 0.2) is 66.0 Å². The molecule has 1 unspecified atom stereocenters. The summed E-state index contributed by atoms with van der Waals surface area (Å²) in [7, 11) is 1.40. The third-order valence-electron chi connectivity index (χ3n) is 5.61. The van der Waals surface area contributed by atoms with Gasteiger partial charge in [0, 0.05) is 29.0 Å². The first-order valence-electron chi connectivity index (χ1n) is 10.6. The number of alkyl halides is 4. The van der Waals surface area contributed by atoms with Gasteiger partial charge in [-0.3, -0.25) is 9.99 Å². The lowest BCUT2D eigenvalue weighted by atomic mass is 9.84. The van der Waals surface area contributed by atoms with Gasteiger partial charge in [0.1, 0.15) is 17.3 Å². The number of hydrogen-bond acceptors (Lipinski definition) is 6. The Morgan fingerprint density at radius 1 is 1.05 bits per heavy atom. The Kier molecular flexibility index (Phi) is 7.85. The number of nitrogens with one attached hydrogen (secondary N) is 2. The normalized spacial score (nSPS) is 13.5. The minimum atomic E-state index is -4.43. The van der Waals surface area contributed by atoms with E-state index in [4.69, 9.17) is 10.8 Å². The second-order valence-corrected chi connectivity index (χ2v) is 8.03. The van der Waals surface area contributed by atoms with Crippen LogP contribution in [0.4, 0.5) is 26.3 Å². The zero-order valence-electron chi connectivity index (χ0n) is 19.2. The quantitative estimate of drug-likeness (QED) is 0.154. The highest BCUT2D eigenvalue weighted by molar-refractivity contribution is 5.39. The molecule has 1 atom stereocenters. The first kappa shape index (κ1) is 27.6. The SMILES string of the molecule is CNCN(CC(O)(c1ccc(F)cc1F)C(F)(F)c1ccc(C(F)(F)c2ccc(C#N)cc2)cn1)N=N. The van der Waals surface area contributed by atoms with Crippen molar-refractivity contribution in [3.63, 3.8) is 0 Å². The van der Waals surface area contributed by atoms with Gasteiger partial charge in [-0.05, 0) is 43.4 Å². The molecule has 3 rings (SSSR count). The number of aromatic nitrogens is 1. The van der Waals surface area contributed by atoms with E-state index in [9.17, 15) is 22.7 Å². The van der Waals surface area contributed by atoms with Crippen LogP contribution in [0.5, 0.6) is 0 Å². The van der Waals surface area contributed by atoms with Crippen molar-refractivity contribution in [1.82, 2.24) is 15.3 Å². The summed E-state index contributed by atoms with van der Waals surface area (Å²) in [4.78, 5) is 3.44. The predicted molar refractivity (Wildman–Crippen MR) is 118 cm³/mol. The Labute approximate surface area is 207 Å². The molecule has 1 heterocycles. The van der Waals surface area contributed by atoms with Crippen LogP contribution in [-0.4, -0.2) is 35.4 Å². The van der Waals surface area contributed by atoms with E-state index in [-0.39, 0.29) is 12.2 Å². The second kappa shape index (κ2) is 10.5. The average Bonchev–Trinajstić information content (AvgIpc) is 2.88. The summed E-state index contributed by atoms with van der Waals surface area (Å²) in [6, 6.07) is 8.97. The summed E-state index contributed by atoms with van der Waals surface area (Å²) >= 11 is 0. The van der Waals surface area contributed by atoms with E-state index < -0.39 is 58.0 Å². The van der Waals surface area contributed by atoms with Crippen LogP contribution >= 0.6 is 0 Å². The van der Waals surface area contributed by atoms with Gasteiger partial charge in [-0.25, -0.2) is 8.78 Å². The maximum absolute atomic E-state index is 15.8. The molecule has 0 aliphatic rings. The van der Waals surface area contributed by atoms with E-state index in [1.807, 2.05) is 0 Å². The molecule has 0 aliphatic carbocycles. The highest BCUT2D eigenvalue weighted by Crippen LogP contribution is 2.47. The van der Waals surface area contributed by atoms with Gasteiger partial charge in [0.05, 0.1) is 24.8 Å². The Hall–Kier alpha value is -4.02. The molecule has 0 bridgehead atoms. The Morgan fingerprint density at radius 3 is 2.22 bits per heavy atom. The van der Waals surface area contributed by atoms with Crippen LogP contribution in [0.25, 0.3) is 0 Å². The van der Waals surface area contributed by atoms with Crippen molar-refractivity contribution in [2.24, 2.45) is 5.22 Å². The summed E-state index contributed by atoms with van der Waals surface area (Å²) < 4.78 is 89.6. The van der Waals surface area contributed by atoms with E-state index >= 15 is 8.78 Å². The lowest BCUT2D eigenvalue weighted by Crippen LogP contribution is -2.52. The molecule has 3 N–H and O–H groups in total. The average molecular weight is 522 g/mol. The largest absolute Gasteiger partial charge is 0.377 e. The maximum Gasteiger partial charge on any atom is 0.323 e. The third-order valence-corrected chi connectivity index (χ3v) is 5.61. The molecule has 3 aromatic rings. The minimum absolute atomic E-state index is 0.145. The summed E-state index contributed by atoms with van der Waals surface area (Å²) in [6.07, 6.45) is 0.489. The number of benzene rings is 2. The molecular formula is C24H20F6N6O. The fourth-order valence-corrected chi connectivity index (χ4v) is 3.65. The van der Waals surface area contributed by atoms with Crippen LogP contribution in [0.3, 0.4) is 0 Å². The zero-order valence-corrected chi connectivity index (χ0v) is 19.2. The lowest BCUT2D eigenvalue weighted by Gasteiger charge is -2.38. The number of nitrogens with zero attached hydrogens (tertiary/aromatic N) is 4. The Balaban J connectivity index is 2.06. The predicted octanol–water partition coefficient (Wildman–Crippen LogP) is 4.78. The standard InChI is InChI=1S/C24H20F6N6O/c1-33-14-36(35-32)13-22(37,19-8-7-18(25)10-20(19)26)24(29,30)21-9-6-17(12-34-21)23(27,28)16-4-2-15(11-31)3-5-16/h2-10,12,32-33,37H,13-14H2,1H3. The molecule has 0 amide bonds. The van der Waals surface area contributed by atoms with E-state index in [1.165, 1.54) is 19.2 Å². The topological polar surface area (TPSA) is 108 Å². The van der Waals surface area contributed by atoms with E-state index in [1.54, 1.807) is 6.07 Å². The summed E-state index contributed by atoms with van der Waals surface area (Å²) in [6.45, 7) is -1.44. The fourth-order valence-electron chi connectivity index (χ4n) is 3.65. The van der Waals surface area contributed by atoms with Crippen molar-refractivity contribution in [3.05, 3.63) is 100 Å². The molecule has 0 saturated carbocycles. The maximum atomic E-state index is 15.8. The number of pyridine rings is 1. The van der Waals surface area contributed by atoms with Crippen LogP contribution < -0.4 is 5.32 Å². The van der Waals surface area contributed by atoms with Crippen molar-refractivity contribution in [3.8, 4) is 6.07 Å². The van der Waals surface area contributed by atoms with Gasteiger partial charge in [0.25, 0.3) is 5.92 Å². The molecule has 13 heteroatoms. The van der Waals surface area contributed by atoms with E-state index in [2.05, 4.69) is 15.5 Å². The molecule has 7 nitrogen and oxygen atoms in total. The van der Waals surface area contributed by atoms with Crippen LogP contribution in [-0.2, 0) is 17.4 Å². The van der Waals surface area contributed by atoms with Crippen LogP contribution in [0.1, 0.15) is 27.9 Å². The number of halogens is 6. The van der Waals surface area contributed by atoms with Gasteiger partial charge in [0.15, 0.2) is 5.60 Å². The van der Waals surface area contributed by atoms with Gasteiger partial charge < -0.3 is 10.4 Å². The molecule has 37 heavy (non-hydrogen) atoms. The summed E-state index contributed by atoms with van der Waals surface area (Å²) in [5.74, 6) is -10.7. The Bertz CT molecular complexity index is 1300. The number of hydrogen-bond donors (Lipinski definition) is 3. The van der Waals surface area contributed by atoms with Crippen LogP contribution in [0, 0.1) is 28.5 Å². The van der Waals surface area contributed by atoms with Crippen molar-refractivity contribution >= 4 is 0 Å². The fraction of sp³-hybridized carbons (Fsp3) is 0.250. The summed E-state index contributed by atoms with van der Waals surface area (Å²) in [5.41, 5.74) is 0.410. The molecule has 0 aliphatic heterocycles. The third kappa shape index (κ3) is 5.25. The first-order valence-corrected chi connectivity index (χ1v) is 10.6.